The van der Waals surface area contributed by atoms with Gasteiger partial charge in [0.2, 0.25) is 0 Å². The van der Waals surface area contributed by atoms with Gasteiger partial charge in [-0.3, -0.25) is 9.59 Å². The summed E-state index contributed by atoms with van der Waals surface area (Å²) in [5, 5.41) is 2.68. The van der Waals surface area contributed by atoms with Gasteiger partial charge in [0.15, 0.2) is 0 Å². The first-order valence-electron chi connectivity index (χ1n) is 10.5. The van der Waals surface area contributed by atoms with Gasteiger partial charge in [0.1, 0.15) is 4.32 Å². The lowest BCUT2D eigenvalue weighted by Gasteiger charge is -2.50. The number of nitrogens with one attached hydrogen (secondary N) is 1. The minimum atomic E-state index is -0.417. The van der Waals surface area contributed by atoms with Gasteiger partial charge in [-0.2, -0.15) is 0 Å². The predicted molar refractivity (Wildman–Crippen MR) is 130 cm³/mol. The summed E-state index contributed by atoms with van der Waals surface area (Å²) < 4.78 is 0.399. The third-order valence-corrected chi connectivity index (χ3v) is 7.96. The number of carbonyl (C=O) groups excluding carboxylic acids is 2. The minimum absolute atomic E-state index is 0.105. The highest BCUT2D eigenvalue weighted by Crippen LogP contribution is 2.57. The number of hydrogen-bond acceptors (Lipinski definition) is 4. The van der Waals surface area contributed by atoms with E-state index in [2.05, 4.69) is 69.4 Å². The molecular formula is C25H24N2O2S2. The highest BCUT2D eigenvalue weighted by atomic mass is 32.2. The van der Waals surface area contributed by atoms with E-state index >= 15 is 0 Å². The van der Waals surface area contributed by atoms with E-state index < -0.39 is 5.54 Å². The second kappa shape index (κ2) is 6.78. The number of benzene rings is 2. The summed E-state index contributed by atoms with van der Waals surface area (Å²) in [6, 6.07) is 14.9. The van der Waals surface area contributed by atoms with Crippen LogP contribution in [0.2, 0.25) is 0 Å². The highest BCUT2D eigenvalue weighted by molar-refractivity contribution is 8.27. The Kier molecular flexibility index (Phi) is 4.47. The molecule has 1 saturated heterocycles. The number of hydrogen-bond donors (Lipinski definition) is 1. The molecule has 0 spiro atoms. The van der Waals surface area contributed by atoms with Crippen molar-refractivity contribution in [1.82, 2.24) is 5.32 Å². The molecule has 0 aliphatic carbocycles. The van der Waals surface area contributed by atoms with Gasteiger partial charge in [0, 0.05) is 16.5 Å². The van der Waals surface area contributed by atoms with Gasteiger partial charge in [-0.25, -0.2) is 0 Å². The Labute approximate surface area is 192 Å². The Balaban J connectivity index is 1.87. The van der Waals surface area contributed by atoms with Crippen LogP contribution in [0.3, 0.4) is 0 Å². The number of nitrogens with zero attached hydrogens (tertiary/aromatic N) is 1. The number of aryl methyl sites for hydroxylation is 1. The fourth-order valence-corrected chi connectivity index (χ4v) is 6.57. The van der Waals surface area contributed by atoms with Crippen molar-refractivity contribution in [3.8, 4) is 0 Å². The third-order valence-electron chi connectivity index (χ3n) is 6.73. The van der Waals surface area contributed by atoms with Crippen LogP contribution in [-0.4, -0.2) is 21.7 Å². The maximum Gasteiger partial charge on any atom is 0.264 e. The molecule has 0 saturated carbocycles. The average Bonchev–Trinajstić information content (AvgIpc) is 3.21. The molecule has 0 radical (unpaired) electrons. The van der Waals surface area contributed by atoms with Crippen LogP contribution in [0, 0.1) is 0 Å². The maximum atomic E-state index is 13.8. The van der Waals surface area contributed by atoms with Gasteiger partial charge < -0.3 is 10.2 Å². The first-order chi connectivity index (χ1) is 14.7. The van der Waals surface area contributed by atoms with Crippen LogP contribution >= 0.6 is 24.0 Å². The van der Waals surface area contributed by atoms with Crippen molar-refractivity contribution in [1.29, 1.82) is 0 Å². The van der Waals surface area contributed by atoms with E-state index in [-0.39, 0.29) is 17.2 Å². The SMILES string of the molecule is CCc1cc2c3c(c1)C(C)(c1ccccc1)CC(C)(C)N3C(=O)/C2=C1/SC(=S)NC1=O. The molecule has 1 N–H and O–H groups in total. The first-order valence-corrected chi connectivity index (χ1v) is 11.7. The van der Waals surface area contributed by atoms with Crippen LogP contribution in [0.5, 0.6) is 0 Å². The first kappa shape index (κ1) is 20.5. The van der Waals surface area contributed by atoms with Crippen LogP contribution in [-0.2, 0) is 21.4 Å². The molecule has 3 aliphatic rings. The molecule has 2 aromatic carbocycles. The van der Waals surface area contributed by atoms with Crippen molar-refractivity contribution in [3.63, 3.8) is 0 Å². The normalized spacial score (nSPS) is 26.3. The summed E-state index contributed by atoms with van der Waals surface area (Å²) in [6.07, 6.45) is 1.64. The molecule has 1 fully saturated rings. The van der Waals surface area contributed by atoms with Gasteiger partial charge in [0.05, 0.1) is 16.2 Å². The zero-order valence-electron chi connectivity index (χ0n) is 18.0. The molecule has 0 bridgehead atoms. The Morgan fingerprint density at radius 1 is 1.13 bits per heavy atom. The van der Waals surface area contributed by atoms with Gasteiger partial charge in [0.25, 0.3) is 11.8 Å². The molecule has 3 heterocycles. The van der Waals surface area contributed by atoms with Crippen LogP contribution in [0.4, 0.5) is 5.69 Å². The molecule has 6 heteroatoms. The molecule has 5 rings (SSSR count). The fourth-order valence-electron chi connectivity index (χ4n) is 5.46. The van der Waals surface area contributed by atoms with Crippen LogP contribution in [0.25, 0.3) is 5.57 Å². The van der Waals surface area contributed by atoms with Crippen molar-refractivity contribution in [2.75, 3.05) is 4.90 Å². The number of thiocarbonyl (C=S) groups is 1. The minimum Gasteiger partial charge on any atom is -0.307 e. The standard InChI is InChI=1S/C25H24N2O2S2/c1-5-14-11-16-18(20-21(28)26-23(30)31-20)22(29)27-19(16)17(12-14)25(4,13-24(27,2)3)15-9-7-6-8-10-15/h6-12H,5,13H2,1-4H3,(H,26,28,30)/b20-18+. The van der Waals surface area contributed by atoms with E-state index in [9.17, 15) is 9.59 Å². The predicted octanol–water partition coefficient (Wildman–Crippen LogP) is 4.94. The zero-order chi connectivity index (χ0) is 22.1. The lowest BCUT2D eigenvalue weighted by molar-refractivity contribution is -0.116. The summed E-state index contributed by atoms with van der Waals surface area (Å²) in [4.78, 5) is 28.8. The molecule has 0 aromatic heterocycles. The molecule has 2 amide bonds. The van der Waals surface area contributed by atoms with Crippen molar-refractivity contribution >= 4 is 51.4 Å². The Bertz CT molecular complexity index is 1200. The molecule has 3 aliphatic heterocycles. The van der Waals surface area contributed by atoms with E-state index in [0.29, 0.717) is 14.8 Å². The van der Waals surface area contributed by atoms with Gasteiger partial charge >= 0.3 is 0 Å². The summed E-state index contributed by atoms with van der Waals surface area (Å²) in [7, 11) is 0. The van der Waals surface area contributed by atoms with E-state index in [0.717, 1.165) is 35.2 Å². The molecule has 2 aromatic rings. The van der Waals surface area contributed by atoms with Gasteiger partial charge in [-0.05, 0) is 49.4 Å². The Morgan fingerprint density at radius 3 is 2.45 bits per heavy atom. The lowest BCUT2D eigenvalue weighted by Crippen LogP contribution is -2.54. The molecule has 1 unspecified atom stereocenters. The van der Waals surface area contributed by atoms with Crippen LogP contribution in [0.15, 0.2) is 47.4 Å². The number of anilines is 1. The second-order valence-corrected chi connectivity index (χ2v) is 11.0. The third kappa shape index (κ3) is 2.84. The largest absolute Gasteiger partial charge is 0.307 e. The summed E-state index contributed by atoms with van der Waals surface area (Å²) >= 11 is 6.40. The summed E-state index contributed by atoms with van der Waals surface area (Å²) in [6.45, 7) is 8.63. The molecule has 31 heavy (non-hydrogen) atoms. The molecule has 158 valence electrons. The van der Waals surface area contributed by atoms with Crippen molar-refractivity contribution in [3.05, 3.63) is 69.6 Å². The zero-order valence-corrected chi connectivity index (χ0v) is 19.7. The molecule has 4 nitrogen and oxygen atoms in total. The van der Waals surface area contributed by atoms with E-state index in [1.807, 2.05) is 11.0 Å². The summed E-state index contributed by atoms with van der Waals surface area (Å²) in [5.41, 5.74) is 5.17. The quantitative estimate of drug-likeness (QED) is 0.522. The van der Waals surface area contributed by atoms with E-state index in [1.54, 1.807) is 0 Å². The van der Waals surface area contributed by atoms with Crippen LogP contribution in [0.1, 0.15) is 56.4 Å². The number of thioether (sulfide) groups is 1. The molecule has 1 atom stereocenters. The van der Waals surface area contributed by atoms with Crippen LogP contribution < -0.4 is 10.2 Å². The smallest absolute Gasteiger partial charge is 0.264 e. The average molecular weight is 449 g/mol. The van der Waals surface area contributed by atoms with Gasteiger partial charge in [-0.15, -0.1) is 0 Å². The second-order valence-electron chi connectivity index (χ2n) is 9.27. The van der Waals surface area contributed by atoms with Crippen molar-refractivity contribution in [2.45, 2.75) is 51.5 Å². The van der Waals surface area contributed by atoms with Crippen molar-refractivity contribution < 1.29 is 9.59 Å². The lowest BCUT2D eigenvalue weighted by atomic mass is 9.65. The monoisotopic (exact) mass is 448 g/mol. The highest BCUT2D eigenvalue weighted by Gasteiger charge is 2.54. The summed E-state index contributed by atoms with van der Waals surface area (Å²) in [5.74, 6) is -0.385. The topological polar surface area (TPSA) is 49.4 Å². The number of carbonyl (C=O) groups is 2. The number of amides is 2. The van der Waals surface area contributed by atoms with E-state index in [1.165, 1.54) is 17.3 Å². The fraction of sp³-hybridized carbons (Fsp3) is 0.320. The van der Waals surface area contributed by atoms with E-state index in [4.69, 9.17) is 12.2 Å². The maximum absolute atomic E-state index is 13.8. The van der Waals surface area contributed by atoms with Crippen molar-refractivity contribution in [2.24, 2.45) is 0 Å². The Morgan fingerprint density at radius 2 is 1.84 bits per heavy atom. The Hall–Kier alpha value is -2.44. The van der Waals surface area contributed by atoms with Gasteiger partial charge in [-0.1, -0.05) is 74.2 Å². The number of rotatable bonds is 2. The molecular weight excluding hydrogens is 424 g/mol.